The summed E-state index contributed by atoms with van der Waals surface area (Å²) in [7, 11) is 0. The van der Waals surface area contributed by atoms with E-state index in [4.69, 9.17) is 4.74 Å². The topological polar surface area (TPSA) is 104 Å². The second-order valence-electron chi connectivity index (χ2n) is 11.2. The zero-order chi connectivity index (χ0) is 24.9. The van der Waals surface area contributed by atoms with Crippen LogP contribution in [-0.4, -0.2) is 70.6 Å². The molecule has 7 nitrogen and oxygen atoms in total. The number of nitrogens with zero attached hydrogens (tertiary/aromatic N) is 1. The molecule has 4 aliphatic rings. The molecule has 34 heavy (non-hydrogen) atoms. The van der Waals surface area contributed by atoms with E-state index < -0.39 is 35.5 Å². The number of hydrogen-bond acceptors (Lipinski definition) is 7. The molecule has 0 bridgehead atoms. The Labute approximate surface area is 202 Å². The quantitative estimate of drug-likeness (QED) is 0.547. The van der Waals surface area contributed by atoms with Crippen molar-refractivity contribution in [1.29, 1.82) is 0 Å². The Morgan fingerprint density at radius 3 is 2.59 bits per heavy atom. The molecule has 0 aromatic carbocycles. The van der Waals surface area contributed by atoms with Crippen molar-refractivity contribution in [3.05, 3.63) is 23.8 Å². The number of allylic oxidation sites excluding steroid dienone is 4. The highest BCUT2D eigenvalue weighted by molar-refractivity contribution is 6.01. The molecular weight excluding hydrogens is 434 g/mol. The van der Waals surface area contributed by atoms with E-state index in [1.807, 2.05) is 31.7 Å². The third kappa shape index (κ3) is 3.80. The molecule has 0 amide bonds. The van der Waals surface area contributed by atoms with Gasteiger partial charge in [0.05, 0.1) is 12.6 Å². The lowest BCUT2D eigenvalue weighted by molar-refractivity contribution is -0.181. The number of esters is 1. The maximum atomic E-state index is 13.3. The Morgan fingerprint density at radius 1 is 1.21 bits per heavy atom. The molecule has 7 heteroatoms. The number of carbonyl (C=O) groups is 3. The summed E-state index contributed by atoms with van der Waals surface area (Å²) in [6, 6.07) is 0. The third-order valence-corrected chi connectivity index (χ3v) is 9.72. The minimum atomic E-state index is -1.63. The minimum Gasteiger partial charge on any atom is -0.457 e. The van der Waals surface area contributed by atoms with Gasteiger partial charge in [0.25, 0.3) is 0 Å². The Bertz CT molecular complexity index is 922. The van der Waals surface area contributed by atoms with E-state index >= 15 is 0 Å². The zero-order valence-electron chi connectivity index (χ0n) is 20.9. The van der Waals surface area contributed by atoms with Crippen LogP contribution in [0.25, 0.3) is 0 Å². The number of hydrogen-bond donors (Lipinski definition) is 2. The number of carbonyl (C=O) groups excluding carboxylic acids is 3. The molecule has 0 heterocycles. The van der Waals surface area contributed by atoms with Crippen molar-refractivity contribution in [3.8, 4) is 0 Å². The number of rotatable bonds is 7. The Kier molecular flexibility index (Phi) is 6.68. The van der Waals surface area contributed by atoms with Gasteiger partial charge in [0, 0.05) is 16.7 Å². The number of aliphatic hydroxyl groups is 2. The number of likely N-dealkylation sites (N-methyl/N-ethyl adjacent to an activating group) is 1. The van der Waals surface area contributed by atoms with E-state index in [1.165, 1.54) is 0 Å². The Morgan fingerprint density at radius 2 is 1.91 bits per heavy atom. The van der Waals surface area contributed by atoms with Crippen molar-refractivity contribution in [2.75, 3.05) is 26.2 Å². The standard InChI is InChI=1S/C27H39NO6/c1-5-28(6-2)15-23(32)34-16-22(31)27(33)12-10-20-19-8-7-17-13-18(29)9-11-25(17,3)24(19)21(30)14-26(20,27)4/h9,11,13,19-21,24,30,33H,5-8,10,12,14-16H2,1-4H3/t19-,20-,21?,24+,25-,26-,27-/m0/s1. The molecule has 2 N–H and O–H groups in total. The molecule has 3 fully saturated rings. The highest BCUT2D eigenvalue weighted by atomic mass is 16.5. The maximum Gasteiger partial charge on any atom is 0.320 e. The van der Waals surface area contributed by atoms with Gasteiger partial charge in [-0.3, -0.25) is 19.3 Å². The predicted octanol–water partition coefficient (Wildman–Crippen LogP) is 2.45. The number of ketones is 2. The van der Waals surface area contributed by atoms with Crippen LogP contribution in [0, 0.1) is 28.6 Å². The molecule has 1 unspecified atom stereocenters. The van der Waals surface area contributed by atoms with Gasteiger partial charge < -0.3 is 14.9 Å². The van der Waals surface area contributed by atoms with E-state index in [1.54, 1.807) is 12.2 Å². The molecule has 4 aliphatic carbocycles. The molecule has 0 aromatic heterocycles. The van der Waals surface area contributed by atoms with Gasteiger partial charge in [-0.1, -0.05) is 39.3 Å². The van der Waals surface area contributed by atoms with Crippen LogP contribution < -0.4 is 0 Å². The van der Waals surface area contributed by atoms with Gasteiger partial charge in [0.1, 0.15) is 5.60 Å². The summed E-state index contributed by atoms with van der Waals surface area (Å²) in [6.07, 6.45) is 7.48. The van der Waals surface area contributed by atoms with E-state index in [9.17, 15) is 24.6 Å². The number of aliphatic hydroxyl groups excluding tert-OH is 1. The number of ether oxygens (including phenoxy) is 1. The van der Waals surface area contributed by atoms with Gasteiger partial charge in [0.2, 0.25) is 5.78 Å². The van der Waals surface area contributed by atoms with Gasteiger partial charge in [0.15, 0.2) is 12.4 Å². The predicted molar refractivity (Wildman–Crippen MR) is 127 cm³/mol. The first kappa shape index (κ1) is 25.3. The Balaban J connectivity index is 1.52. The summed E-state index contributed by atoms with van der Waals surface area (Å²) in [5, 5.41) is 23.1. The molecule has 188 valence electrons. The first-order chi connectivity index (χ1) is 16.0. The molecule has 3 saturated carbocycles. The van der Waals surface area contributed by atoms with Gasteiger partial charge in [-0.05, 0) is 69.2 Å². The number of Topliss-reactive ketones (excluding diaryl/α,β-unsaturated/α-hetero) is 1. The van der Waals surface area contributed by atoms with Crippen LogP contribution >= 0.6 is 0 Å². The molecule has 0 aliphatic heterocycles. The SMILES string of the molecule is CCN(CC)CC(=O)OCC(=O)[C@@]1(O)CC[C@H]2[C@@H]3CCC4=CC(=O)C=C[C@]4(C)[C@H]3C(O)C[C@@]21C. The van der Waals surface area contributed by atoms with Gasteiger partial charge in [-0.15, -0.1) is 0 Å². The fraction of sp³-hybridized carbons (Fsp3) is 0.741. The fourth-order valence-corrected chi connectivity index (χ4v) is 7.73. The molecule has 0 aromatic rings. The highest BCUT2D eigenvalue weighted by Gasteiger charge is 2.68. The third-order valence-electron chi connectivity index (χ3n) is 9.72. The van der Waals surface area contributed by atoms with Gasteiger partial charge in [-0.25, -0.2) is 0 Å². The van der Waals surface area contributed by atoms with Crippen LogP contribution in [0.15, 0.2) is 23.8 Å². The van der Waals surface area contributed by atoms with E-state index in [2.05, 4.69) is 6.92 Å². The monoisotopic (exact) mass is 473 g/mol. The highest BCUT2D eigenvalue weighted by Crippen LogP contribution is 2.67. The van der Waals surface area contributed by atoms with Crippen LogP contribution in [0.4, 0.5) is 0 Å². The smallest absolute Gasteiger partial charge is 0.320 e. The average molecular weight is 474 g/mol. The van der Waals surface area contributed by atoms with Crippen molar-refractivity contribution in [3.63, 3.8) is 0 Å². The maximum absolute atomic E-state index is 13.3. The minimum absolute atomic E-state index is 0.00237. The van der Waals surface area contributed by atoms with E-state index in [0.29, 0.717) is 32.4 Å². The normalized spacial score (nSPS) is 40.9. The largest absolute Gasteiger partial charge is 0.457 e. The van der Waals surface area contributed by atoms with Crippen molar-refractivity contribution < 1.29 is 29.3 Å². The van der Waals surface area contributed by atoms with Crippen LogP contribution in [0.2, 0.25) is 0 Å². The summed E-state index contributed by atoms with van der Waals surface area (Å²) in [5.41, 5.74) is -1.73. The molecular formula is C27H39NO6. The van der Waals surface area contributed by atoms with Crippen LogP contribution in [0.5, 0.6) is 0 Å². The van der Waals surface area contributed by atoms with Crippen molar-refractivity contribution >= 4 is 17.5 Å². The van der Waals surface area contributed by atoms with Gasteiger partial charge in [-0.2, -0.15) is 0 Å². The van der Waals surface area contributed by atoms with Gasteiger partial charge >= 0.3 is 5.97 Å². The lowest BCUT2D eigenvalue weighted by atomic mass is 9.46. The molecule has 0 radical (unpaired) electrons. The molecule has 0 spiro atoms. The summed E-state index contributed by atoms with van der Waals surface area (Å²) in [5.74, 6) is -0.785. The molecule has 4 rings (SSSR count). The van der Waals surface area contributed by atoms with E-state index in [-0.39, 0.29) is 35.5 Å². The average Bonchev–Trinajstić information content (AvgIpc) is 3.07. The lowest BCUT2D eigenvalue weighted by Gasteiger charge is -2.59. The van der Waals surface area contributed by atoms with Crippen LogP contribution in [0.1, 0.15) is 59.8 Å². The van der Waals surface area contributed by atoms with Crippen molar-refractivity contribution in [1.82, 2.24) is 4.90 Å². The Hall–Kier alpha value is -1.83. The van der Waals surface area contributed by atoms with Crippen LogP contribution in [0.3, 0.4) is 0 Å². The zero-order valence-corrected chi connectivity index (χ0v) is 20.9. The lowest BCUT2D eigenvalue weighted by Crippen LogP contribution is -2.61. The number of fused-ring (bicyclic) bond motifs is 5. The summed E-state index contributed by atoms with van der Waals surface area (Å²) in [6.45, 7) is 9.03. The van der Waals surface area contributed by atoms with E-state index in [0.717, 1.165) is 18.4 Å². The molecule has 0 saturated heterocycles. The summed E-state index contributed by atoms with van der Waals surface area (Å²) >= 11 is 0. The van der Waals surface area contributed by atoms with Crippen LogP contribution in [-0.2, 0) is 19.1 Å². The summed E-state index contributed by atoms with van der Waals surface area (Å²) < 4.78 is 5.27. The van der Waals surface area contributed by atoms with Crippen molar-refractivity contribution in [2.45, 2.75) is 71.5 Å². The first-order valence-electron chi connectivity index (χ1n) is 12.8. The second kappa shape index (κ2) is 8.99. The molecule has 7 atom stereocenters. The fourth-order valence-electron chi connectivity index (χ4n) is 7.73. The van der Waals surface area contributed by atoms with Crippen molar-refractivity contribution in [2.24, 2.45) is 28.6 Å². The summed E-state index contributed by atoms with van der Waals surface area (Å²) in [4.78, 5) is 39.4. The first-order valence-corrected chi connectivity index (χ1v) is 12.8. The second-order valence-corrected chi connectivity index (χ2v) is 11.2.